The Balaban J connectivity index is 1.66. The van der Waals surface area contributed by atoms with Gasteiger partial charge in [-0.05, 0) is 73.4 Å². The SMILES string of the molecule is CC[C@H](NC(=S)Nc1ccc(N2CCCC2=O)c(C)c1)c1ccc(S(C)(=O)=O)cc1. The summed E-state index contributed by atoms with van der Waals surface area (Å²) in [5.41, 5.74) is 3.77. The summed E-state index contributed by atoms with van der Waals surface area (Å²) in [5.74, 6) is 0.170. The first-order valence-corrected chi connectivity index (χ1v) is 12.3. The molecule has 30 heavy (non-hydrogen) atoms. The first-order chi connectivity index (χ1) is 14.2. The van der Waals surface area contributed by atoms with E-state index in [1.54, 1.807) is 12.1 Å². The van der Waals surface area contributed by atoms with Gasteiger partial charge in [0.05, 0.1) is 10.9 Å². The number of benzene rings is 2. The monoisotopic (exact) mass is 445 g/mol. The molecule has 0 radical (unpaired) electrons. The van der Waals surface area contributed by atoms with Gasteiger partial charge >= 0.3 is 0 Å². The topological polar surface area (TPSA) is 78.5 Å². The Bertz CT molecular complexity index is 1050. The van der Waals surface area contributed by atoms with Gasteiger partial charge < -0.3 is 15.5 Å². The molecular weight excluding hydrogens is 418 g/mol. The number of sulfone groups is 1. The molecule has 1 atom stereocenters. The van der Waals surface area contributed by atoms with E-state index in [1.807, 2.05) is 49.1 Å². The number of nitrogens with one attached hydrogen (secondary N) is 2. The van der Waals surface area contributed by atoms with Gasteiger partial charge in [0, 0.05) is 30.6 Å². The van der Waals surface area contributed by atoms with Crippen LogP contribution < -0.4 is 15.5 Å². The number of thiocarbonyl (C=S) groups is 1. The van der Waals surface area contributed by atoms with Gasteiger partial charge in [-0.15, -0.1) is 0 Å². The lowest BCUT2D eigenvalue weighted by Crippen LogP contribution is -2.32. The van der Waals surface area contributed by atoms with Gasteiger partial charge in [0.15, 0.2) is 14.9 Å². The summed E-state index contributed by atoms with van der Waals surface area (Å²) >= 11 is 5.48. The van der Waals surface area contributed by atoms with E-state index in [2.05, 4.69) is 10.6 Å². The second-order valence-electron chi connectivity index (χ2n) is 7.55. The van der Waals surface area contributed by atoms with Crippen molar-refractivity contribution in [1.29, 1.82) is 0 Å². The normalized spacial score (nSPS) is 15.2. The van der Waals surface area contributed by atoms with Gasteiger partial charge in [-0.25, -0.2) is 8.42 Å². The fourth-order valence-electron chi connectivity index (χ4n) is 3.63. The summed E-state index contributed by atoms with van der Waals surface area (Å²) in [6.45, 7) is 4.79. The Kier molecular flexibility index (Phi) is 6.77. The number of amides is 1. The fourth-order valence-corrected chi connectivity index (χ4v) is 4.52. The molecule has 0 unspecified atom stereocenters. The molecule has 8 heteroatoms. The van der Waals surface area contributed by atoms with Gasteiger partial charge in [0.25, 0.3) is 0 Å². The zero-order valence-corrected chi connectivity index (χ0v) is 19.1. The molecule has 1 aliphatic rings. The van der Waals surface area contributed by atoms with Gasteiger partial charge in [-0.2, -0.15) is 0 Å². The number of hydrogen-bond acceptors (Lipinski definition) is 4. The van der Waals surface area contributed by atoms with Crippen LogP contribution in [0.1, 0.15) is 43.4 Å². The molecule has 0 bridgehead atoms. The maximum Gasteiger partial charge on any atom is 0.227 e. The minimum Gasteiger partial charge on any atom is -0.356 e. The Labute approximate surface area is 183 Å². The van der Waals surface area contributed by atoms with E-state index in [0.717, 1.165) is 41.9 Å². The van der Waals surface area contributed by atoms with Crippen molar-refractivity contribution >= 4 is 44.4 Å². The molecule has 1 amide bonds. The van der Waals surface area contributed by atoms with E-state index in [4.69, 9.17) is 12.2 Å². The van der Waals surface area contributed by atoms with Crippen LogP contribution >= 0.6 is 12.2 Å². The second-order valence-corrected chi connectivity index (χ2v) is 9.97. The molecule has 160 valence electrons. The van der Waals surface area contributed by atoms with Crippen molar-refractivity contribution in [1.82, 2.24) is 5.32 Å². The van der Waals surface area contributed by atoms with E-state index < -0.39 is 9.84 Å². The summed E-state index contributed by atoms with van der Waals surface area (Å²) in [6.07, 6.45) is 3.49. The smallest absolute Gasteiger partial charge is 0.227 e. The number of hydrogen-bond donors (Lipinski definition) is 2. The molecule has 2 aromatic carbocycles. The molecule has 2 N–H and O–H groups in total. The van der Waals surface area contributed by atoms with Crippen LogP contribution in [0.4, 0.5) is 11.4 Å². The number of anilines is 2. The van der Waals surface area contributed by atoms with Gasteiger partial charge in [-0.1, -0.05) is 19.1 Å². The third-order valence-electron chi connectivity index (χ3n) is 5.24. The van der Waals surface area contributed by atoms with Crippen molar-refractivity contribution in [2.45, 2.75) is 44.0 Å². The van der Waals surface area contributed by atoms with Crippen LogP contribution in [0.15, 0.2) is 47.4 Å². The number of carbonyl (C=O) groups is 1. The van der Waals surface area contributed by atoms with Crippen LogP contribution in [0.3, 0.4) is 0 Å². The first kappa shape index (κ1) is 22.2. The zero-order valence-electron chi connectivity index (χ0n) is 17.4. The molecule has 1 heterocycles. The highest BCUT2D eigenvalue weighted by atomic mass is 32.2. The van der Waals surface area contributed by atoms with Crippen LogP contribution in [-0.2, 0) is 14.6 Å². The third kappa shape index (κ3) is 5.17. The first-order valence-electron chi connectivity index (χ1n) is 9.97. The minimum absolute atomic E-state index is 0.0406. The van der Waals surface area contributed by atoms with Crippen molar-refractivity contribution in [2.75, 3.05) is 23.0 Å². The van der Waals surface area contributed by atoms with Crippen molar-refractivity contribution < 1.29 is 13.2 Å². The molecule has 3 rings (SSSR count). The number of aryl methyl sites for hydroxylation is 1. The minimum atomic E-state index is -3.22. The van der Waals surface area contributed by atoms with E-state index in [9.17, 15) is 13.2 Å². The summed E-state index contributed by atoms with van der Waals surface area (Å²) in [6, 6.07) is 12.7. The molecule has 0 spiro atoms. The third-order valence-corrected chi connectivity index (χ3v) is 6.59. The fraction of sp³-hybridized carbons (Fsp3) is 0.364. The lowest BCUT2D eigenvalue weighted by molar-refractivity contribution is -0.117. The largest absolute Gasteiger partial charge is 0.356 e. The van der Waals surface area contributed by atoms with Gasteiger partial charge in [-0.3, -0.25) is 4.79 Å². The number of carbonyl (C=O) groups excluding carboxylic acids is 1. The van der Waals surface area contributed by atoms with Crippen molar-refractivity contribution in [3.63, 3.8) is 0 Å². The standard InChI is InChI=1S/C22H27N3O3S2/c1-4-19(16-7-10-18(11-8-16)30(3,27)28)24-22(29)23-17-9-12-20(15(2)14-17)25-13-5-6-21(25)26/h7-12,14,19H,4-6,13H2,1-3H3,(H2,23,24,29)/t19-/m0/s1. The quantitative estimate of drug-likeness (QED) is 0.655. The molecule has 2 aromatic rings. The molecule has 0 aliphatic carbocycles. The average Bonchev–Trinajstić information content (AvgIpc) is 3.11. The summed E-state index contributed by atoms with van der Waals surface area (Å²) in [5, 5.41) is 6.98. The molecule has 1 fully saturated rings. The van der Waals surface area contributed by atoms with Crippen molar-refractivity contribution in [3.8, 4) is 0 Å². The summed E-state index contributed by atoms with van der Waals surface area (Å²) in [7, 11) is -3.22. The zero-order chi connectivity index (χ0) is 21.9. The molecular formula is C22H27N3O3S2. The maximum absolute atomic E-state index is 12.0. The Morgan fingerprint density at radius 2 is 1.90 bits per heavy atom. The van der Waals surface area contributed by atoms with E-state index in [0.29, 0.717) is 16.4 Å². The van der Waals surface area contributed by atoms with Crippen LogP contribution in [0, 0.1) is 6.92 Å². The second kappa shape index (κ2) is 9.14. The highest BCUT2D eigenvalue weighted by molar-refractivity contribution is 7.90. The predicted octanol–water partition coefficient (Wildman–Crippen LogP) is 3.96. The van der Waals surface area contributed by atoms with E-state index >= 15 is 0 Å². The van der Waals surface area contributed by atoms with Crippen LogP contribution in [-0.4, -0.2) is 32.2 Å². The van der Waals surface area contributed by atoms with Crippen LogP contribution in [0.5, 0.6) is 0 Å². The van der Waals surface area contributed by atoms with E-state index in [1.165, 1.54) is 6.26 Å². The molecule has 1 aliphatic heterocycles. The summed E-state index contributed by atoms with van der Waals surface area (Å²) in [4.78, 5) is 14.1. The Morgan fingerprint density at radius 3 is 2.43 bits per heavy atom. The van der Waals surface area contributed by atoms with Gasteiger partial charge in [0.2, 0.25) is 5.91 Å². The maximum atomic E-state index is 12.0. The lowest BCUT2D eigenvalue weighted by atomic mass is 10.1. The number of rotatable bonds is 6. The Hall–Kier alpha value is -2.45. The highest BCUT2D eigenvalue weighted by Crippen LogP contribution is 2.27. The van der Waals surface area contributed by atoms with Gasteiger partial charge in [0.1, 0.15) is 0 Å². The predicted molar refractivity (Wildman–Crippen MR) is 125 cm³/mol. The molecule has 0 saturated carbocycles. The average molecular weight is 446 g/mol. The van der Waals surface area contributed by atoms with Crippen LogP contribution in [0.25, 0.3) is 0 Å². The van der Waals surface area contributed by atoms with Crippen LogP contribution in [0.2, 0.25) is 0 Å². The molecule has 0 aromatic heterocycles. The molecule has 1 saturated heterocycles. The Morgan fingerprint density at radius 1 is 1.20 bits per heavy atom. The summed E-state index contributed by atoms with van der Waals surface area (Å²) < 4.78 is 23.3. The van der Waals surface area contributed by atoms with Crippen molar-refractivity contribution in [3.05, 3.63) is 53.6 Å². The van der Waals surface area contributed by atoms with E-state index in [-0.39, 0.29) is 11.9 Å². The number of nitrogens with zero attached hydrogens (tertiary/aromatic N) is 1. The lowest BCUT2D eigenvalue weighted by Gasteiger charge is -2.22. The van der Waals surface area contributed by atoms with Crippen molar-refractivity contribution in [2.24, 2.45) is 0 Å². The molecule has 6 nitrogen and oxygen atoms in total. The highest BCUT2D eigenvalue weighted by Gasteiger charge is 2.23.